The molecular formula is C11H16F3N3. The summed E-state index contributed by atoms with van der Waals surface area (Å²) >= 11 is 0. The Balaban J connectivity index is 2.80. The van der Waals surface area contributed by atoms with Crippen LogP contribution in [-0.2, 0) is 6.18 Å². The summed E-state index contributed by atoms with van der Waals surface area (Å²) in [5.41, 5.74) is 4.70. The van der Waals surface area contributed by atoms with Crippen LogP contribution < -0.4 is 10.6 Å². The number of halogens is 3. The maximum absolute atomic E-state index is 12.3. The van der Waals surface area contributed by atoms with Crippen LogP contribution in [0.4, 0.5) is 19.0 Å². The molecule has 0 aliphatic heterocycles. The number of rotatable bonds is 4. The predicted octanol–water partition coefficient (Wildman–Crippen LogP) is 2.27. The summed E-state index contributed by atoms with van der Waals surface area (Å²) in [5, 5.41) is 0. The van der Waals surface area contributed by atoms with Gasteiger partial charge in [-0.3, -0.25) is 0 Å². The molecule has 1 unspecified atom stereocenters. The zero-order valence-electron chi connectivity index (χ0n) is 9.83. The molecule has 0 amide bonds. The number of hydrogen-bond acceptors (Lipinski definition) is 3. The molecule has 0 aliphatic carbocycles. The zero-order chi connectivity index (χ0) is 13.1. The smallest absolute Gasteiger partial charge is 0.357 e. The van der Waals surface area contributed by atoms with Gasteiger partial charge in [-0.1, -0.05) is 0 Å². The molecule has 0 spiro atoms. The highest BCUT2D eigenvalue weighted by Crippen LogP contribution is 2.29. The highest BCUT2D eigenvalue weighted by Gasteiger charge is 2.30. The summed E-state index contributed by atoms with van der Waals surface area (Å²) in [5.74, 6) is 0.513. The average Bonchev–Trinajstić information content (AvgIpc) is 2.27. The molecule has 96 valence electrons. The maximum Gasteiger partial charge on any atom is 0.417 e. The first-order chi connectivity index (χ1) is 7.86. The molecule has 0 aromatic carbocycles. The zero-order valence-corrected chi connectivity index (χ0v) is 9.83. The molecule has 0 bridgehead atoms. The van der Waals surface area contributed by atoms with Crippen LogP contribution in [0.25, 0.3) is 0 Å². The Hall–Kier alpha value is -1.30. The van der Waals surface area contributed by atoms with Gasteiger partial charge in [0.1, 0.15) is 5.82 Å². The largest absolute Gasteiger partial charge is 0.417 e. The van der Waals surface area contributed by atoms with E-state index in [0.29, 0.717) is 12.4 Å². The molecule has 1 rings (SSSR count). The van der Waals surface area contributed by atoms with E-state index in [2.05, 4.69) is 4.98 Å². The van der Waals surface area contributed by atoms with Crippen molar-refractivity contribution in [3.8, 4) is 0 Å². The fourth-order valence-electron chi connectivity index (χ4n) is 1.42. The van der Waals surface area contributed by atoms with Crippen LogP contribution in [0.2, 0.25) is 0 Å². The number of alkyl halides is 3. The van der Waals surface area contributed by atoms with E-state index in [1.807, 2.05) is 11.8 Å². The van der Waals surface area contributed by atoms with E-state index in [1.165, 1.54) is 6.07 Å². The van der Waals surface area contributed by atoms with Crippen molar-refractivity contribution in [3.05, 3.63) is 23.9 Å². The lowest BCUT2D eigenvalue weighted by molar-refractivity contribution is -0.137. The van der Waals surface area contributed by atoms with Gasteiger partial charge in [-0.05, 0) is 32.0 Å². The molecule has 0 saturated carbocycles. The minimum absolute atomic E-state index is 0.143. The van der Waals surface area contributed by atoms with E-state index < -0.39 is 11.7 Å². The molecule has 6 heteroatoms. The lowest BCUT2D eigenvalue weighted by Gasteiger charge is -2.25. The van der Waals surface area contributed by atoms with Crippen molar-refractivity contribution in [1.82, 2.24) is 4.98 Å². The first-order valence-electron chi connectivity index (χ1n) is 5.32. The molecule has 0 fully saturated rings. The van der Waals surface area contributed by atoms with Crippen molar-refractivity contribution in [1.29, 1.82) is 0 Å². The molecule has 0 aliphatic rings. The molecule has 1 atom stereocenters. The summed E-state index contributed by atoms with van der Waals surface area (Å²) in [6.07, 6.45) is -2.73. The van der Waals surface area contributed by atoms with Crippen molar-refractivity contribution < 1.29 is 13.2 Å². The lowest BCUT2D eigenvalue weighted by Crippen LogP contribution is -2.31. The van der Waals surface area contributed by atoms with Crippen LogP contribution >= 0.6 is 0 Å². The van der Waals surface area contributed by atoms with Gasteiger partial charge in [-0.2, -0.15) is 13.2 Å². The summed E-state index contributed by atoms with van der Waals surface area (Å²) < 4.78 is 37.0. The molecule has 3 nitrogen and oxygen atoms in total. The van der Waals surface area contributed by atoms with Gasteiger partial charge >= 0.3 is 6.18 Å². The van der Waals surface area contributed by atoms with E-state index in [4.69, 9.17) is 5.73 Å². The van der Waals surface area contributed by atoms with E-state index in [-0.39, 0.29) is 6.04 Å². The lowest BCUT2D eigenvalue weighted by atomic mass is 10.2. The van der Waals surface area contributed by atoms with Crippen LogP contribution in [0.3, 0.4) is 0 Å². The molecule has 17 heavy (non-hydrogen) atoms. The highest BCUT2D eigenvalue weighted by molar-refractivity contribution is 5.39. The number of anilines is 1. The molecule has 0 saturated heterocycles. The Morgan fingerprint density at radius 2 is 2.06 bits per heavy atom. The number of nitrogens with zero attached hydrogens (tertiary/aromatic N) is 2. The van der Waals surface area contributed by atoms with Gasteiger partial charge in [-0.25, -0.2) is 4.98 Å². The number of pyridine rings is 1. The highest BCUT2D eigenvalue weighted by atomic mass is 19.4. The molecule has 0 radical (unpaired) electrons. The Bertz CT molecular complexity index is 348. The van der Waals surface area contributed by atoms with E-state index in [9.17, 15) is 13.2 Å². The van der Waals surface area contributed by atoms with Crippen LogP contribution in [0, 0.1) is 0 Å². The predicted molar refractivity (Wildman–Crippen MR) is 60.8 cm³/mol. The van der Waals surface area contributed by atoms with E-state index >= 15 is 0 Å². The van der Waals surface area contributed by atoms with Gasteiger partial charge in [0.25, 0.3) is 0 Å². The van der Waals surface area contributed by atoms with Crippen molar-refractivity contribution in [3.63, 3.8) is 0 Å². The number of hydrogen-bond donors (Lipinski definition) is 1. The summed E-state index contributed by atoms with van der Waals surface area (Å²) in [4.78, 5) is 5.63. The Morgan fingerprint density at radius 3 is 2.47 bits per heavy atom. The quantitative estimate of drug-likeness (QED) is 0.887. The van der Waals surface area contributed by atoms with Crippen LogP contribution in [0.15, 0.2) is 18.3 Å². The maximum atomic E-state index is 12.3. The number of aromatic nitrogens is 1. The first-order valence-corrected chi connectivity index (χ1v) is 5.32. The SMILES string of the molecule is CC(CCN)N(C)c1ccc(C(F)(F)F)cn1. The summed E-state index contributed by atoms with van der Waals surface area (Å²) in [6.45, 7) is 2.48. The first kappa shape index (κ1) is 13.8. The minimum Gasteiger partial charge on any atom is -0.357 e. The fraction of sp³-hybridized carbons (Fsp3) is 0.545. The second-order valence-corrected chi connectivity index (χ2v) is 3.94. The van der Waals surface area contributed by atoms with E-state index in [0.717, 1.165) is 18.7 Å². The summed E-state index contributed by atoms with van der Waals surface area (Å²) in [7, 11) is 1.79. The van der Waals surface area contributed by atoms with Gasteiger partial charge < -0.3 is 10.6 Å². The van der Waals surface area contributed by atoms with Gasteiger partial charge in [0.05, 0.1) is 5.56 Å². The van der Waals surface area contributed by atoms with Crippen molar-refractivity contribution in [2.45, 2.75) is 25.6 Å². The van der Waals surface area contributed by atoms with Gasteiger partial charge in [0.15, 0.2) is 0 Å². The fourth-order valence-corrected chi connectivity index (χ4v) is 1.42. The second kappa shape index (κ2) is 5.35. The molecule has 1 heterocycles. The van der Waals surface area contributed by atoms with Crippen molar-refractivity contribution >= 4 is 5.82 Å². The van der Waals surface area contributed by atoms with Gasteiger partial charge in [-0.15, -0.1) is 0 Å². The topological polar surface area (TPSA) is 42.1 Å². The second-order valence-electron chi connectivity index (χ2n) is 3.94. The van der Waals surface area contributed by atoms with Crippen molar-refractivity contribution in [2.24, 2.45) is 5.73 Å². The standard InChI is InChI=1S/C11H16F3N3/c1-8(5-6-15)17(2)10-4-3-9(7-16-10)11(12,13)14/h3-4,7-8H,5-6,15H2,1-2H3. The van der Waals surface area contributed by atoms with Crippen LogP contribution in [-0.4, -0.2) is 24.6 Å². The Labute approximate surface area is 98.4 Å². The third kappa shape index (κ3) is 3.59. The molecule has 1 aromatic heterocycles. The third-order valence-electron chi connectivity index (χ3n) is 2.68. The molecule has 1 aromatic rings. The monoisotopic (exact) mass is 247 g/mol. The van der Waals surface area contributed by atoms with Gasteiger partial charge in [0.2, 0.25) is 0 Å². The molecule has 2 N–H and O–H groups in total. The number of nitrogens with two attached hydrogens (primary N) is 1. The van der Waals surface area contributed by atoms with Crippen LogP contribution in [0.1, 0.15) is 18.9 Å². The van der Waals surface area contributed by atoms with Crippen molar-refractivity contribution in [2.75, 3.05) is 18.5 Å². The Morgan fingerprint density at radius 1 is 1.41 bits per heavy atom. The normalized spacial score (nSPS) is 13.5. The van der Waals surface area contributed by atoms with E-state index in [1.54, 1.807) is 7.05 Å². The minimum atomic E-state index is -4.34. The Kier molecular flexibility index (Phi) is 4.34. The molecular weight excluding hydrogens is 231 g/mol. The van der Waals surface area contributed by atoms with Gasteiger partial charge in [0, 0.05) is 19.3 Å². The third-order valence-corrected chi connectivity index (χ3v) is 2.68. The van der Waals surface area contributed by atoms with Crippen LogP contribution in [0.5, 0.6) is 0 Å². The summed E-state index contributed by atoms with van der Waals surface area (Å²) in [6, 6.07) is 2.55. The average molecular weight is 247 g/mol.